The number of halogens is 1. The van der Waals surface area contributed by atoms with E-state index in [9.17, 15) is 14.0 Å². The van der Waals surface area contributed by atoms with E-state index in [1.54, 1.807) is 18.2 Å². The zero-order valence-electron chi connectivity index (χ0n) is 12.8. The lowest BCUT2D eigenvalue weighted by Gasteiger charge is -2.11. The summed E-state index contributed by atoms with van der Waals surface area (Å²) in [6.07, 6.45) is 0. The topological polar surface area (TPSA) is 51.1 Å². The summed E-state index contributed by atoms with van der Waals surface area (Å²) in [5.41, 5.74) is 1.54. The molecule has 0 radical (unpaired) electrons. The van der Waals surface area contributed by atoms with Gasteiger partial charge in [0, 0.05) is 12.7 Å². The number of hydrogen-bond donors (Lipinski definition) is 1. The summed E-state index contributed by atoms with van der Waals surface area (Å²) in [7, 11) is 1.50. The zero-order chi connectivity index (χ0) is 16.6. The van der Waals surface area contributed by atoms with Crippen molar-refractivity contribution in [2.75, 3.05) is 5.32 Å². The highest BCUT2D eigenvalue weighted by Gasteiger charge is 2.14. The summed E-state index contributed by atoms with van der Waals surface area (Å²) in [4.78, 5) is 24.8. The van der Waals surface area contributed by atoms with Crippen LogP contribution in [-0.4, -0.2) is 10.5 Å². The van der Waals surface area contributed by atoms with Gasteiger partial charge >= 0.3 is 0 Å². The number of anilines is 1. The van der Waals surface area contributed by atoms with Gasteiger partial charge in [0.05, 0.1) is 5.39 Å². The first-order valence-electron chi connectivity index (χ1n) is 7.13. The Labute approximate surface area is 132 Å². The van der Waals surface area contributed by atoms with Crippen molar-refractivity contribution in [1.82, 2.24) is 4.57 Å². The Hall–Kier alpha value is -2.95. The highest BCUT2D eigenvalue weighted by molar-refractivity contribution is 6.05. The largest absolute Gasteiger partial charge is 0.321 e. The molecule has 4 nitrogen and oxygen atoms in total. The normalized spacial score (nSPS) is 10.7. The van der Waals surface area contributed by atoms with Gasteiger partial charge in [-0.25, -0.2) is 4.39 Å². The minimum atomic E-state index is -0.480. The number of pyridine rings is 1. The molecule has 2 aromatic carbocycles. The molecular weight excluding hydrogens is 295 g/mol. The van der Waals surface area contributed by atoms with E-state index < -0.39 is 11.4 Å². The van der Waals surface area contributed by atoms with Gasteiger partial charge in [-0.1, -0.05) is 23.8 Å². The van der Waals surface area contributed by atoms with Crippen LogP contribution < -0.4 is 10.9 Å². The van der Waals surface area contributed by atoms with Gasteiger partial charge in [0.25, 0.3) is 11.5 Å². The number of aromatic nitrogens is 1. The number of carbonyl (C=O) groups excluding carboxylic acids is 1. The molecule has 0 saturated heterocycles. The molecule has 0 saturated carbocycles. The lowest BCUT2D eigenvalue weighted by atomic mass is 10.1. The predicted octanol–water partition coefficient (Wildman–Crippen LogP) is 3.24. The highest BCUT2D eigenvalue weighted by Crippen LogP contribution is 2.15. The van der Waals surface area contributed by atoms with Crippen LogP contribution in [0.25, 0.3) is 10.8 Å². The average molecular weight is 310 g/mol. The molecule has 0 aliphatic carbocycles. The molecule has 0 aliphatic heterocycles. The maximum absolute atomic E-state index is 13.3. The second-order valence-electron chi connectivity index (χ2n) is 5.45. The number of aryl methyl sites for hydroxylation is 1. The Kier molecular flexibility index (Phi) is 3.70. The third kappa shape index (κ3) is 2.85. The van der Waals surface area contributed by atoms with Crippen LogP contribution >= 0.6 is 0 Å². The van der Waals surface area contributed by atoms with E-state index in [1.807, 2.05) is 19.1 Å². The molecule has 0 fully saturated rings. The number of rotatable bonds is 2. The van der Waals surface area contributed by atoms with Gasteiger partial charge < -0.3 is 9.88 Å². The average Bonchev–Trinajstić information content (AvgIpc) is 2.53. The minimum absolute atomic E-state index is 0.217. The molecule has 1 N–H and O–H groups in total. The summed E-state index contributed by atoms with van der Waals surface area (Å²) in [6, 6.07) is 12.9. The SMILES string of the molecule is Cc1ccc(NC(=O)c2cc3ccc(F)cc3c(=O)n2C)cc1. The Morgan fingerprint density at radius 2 is 1.78 bits per heavy atom. The molecule has 0 atom stereocenters. The molecule has 3 rings (SSSR count). The van der Waals surface area contributed by atoms with Crippen LogP contribution in [0, 0.1) is 12.7 Å². The molecule has 116 valence electrons. The van der Waals surface area contributed by atoms with Crippen molar-refractivity contribution >= 4 is 22.4 Å². The van der Waals surface area contributed by atoms with Crippen molar-refractivity contribution in [3.63, 3.8) is 0 Å². The fraction of sp³-hybridized carbons (Fsp3) is 0.111. The number of benzene rings is 2. The first-order chi connectivity index (χ1) is 11.0. The molecule has 0 unspecified atom stereocenters. The minimum Gasteiger partial charge on any atom is -0.321 e. The van der Waals surface area contributed by atoms with Crippen molar-refractivity contribution < 1.29 is 9.18 Å². The summed E-state index contributed by atoms with van der Waals surface area (Å²) in [6.45, 7) is 1.96. The predicted molar refractivity (Wildman–Crippen MR) is 88.3 cm³/mol. The van der Waals surface area contributed by atoms with Crippen molar-refractivity contribution in [3.05, 3.63) is 76.0 Å². The molecule has 23 heavy (non-hydrogen) atoms. The van der Waals surface area contributed by atoms with E-state index in [0.717, 1.165) is 5.56 Å². The smallest absolute Gasteiger partial charge is 0.272 e. The fourth-order valence-electron chi connectivity index (χ4n) is 2.42. The first-order valence-corrected chi connectivity index (χ1v) is 7.13. The fourth-order valence-corrected chi connectivity index (χ4v) is 2.42. The van der Waals surface area contributed by atoms with Gasteiger partial charge in [0.1, 0.15) is 11.5 Å². The van der Waals surface area contributed by atoms with Crippen LogP contribution in [0.2, 0.25) is 0 Å². The summed E-state index contributed by atoms with van der Waals surface area (Å²) in [5.74, 6) is -0.869. The van der Waals surface area contributed by atoms with Crippen LogP contribution in [0.4, 0.5) is 10.1 Å². The third-order valence-electron chi connectivity index (χ3n) is 3.75. The standard InChI is InChI=1S/C18H15FN2O2/c1-11-3-7-14(8-4-11)20-17(22)16-9-12-5-6-13(19)10-15(12)18(23)21(16)2/h3-10H,1-2H3,(H,20,22). The van der Waals surface area contributed by atoms with Crippen LogP contribution in [0.5, 0.6) is 0 Å². The van der Waals surface area contributed by atoms with Gasteiger partial charge in [-0.3, -0.25) is 9.59 Å². The van der Waals surface area contributed by atoms with Gasteiger partial charge in [-0.05, 0) is 42.6 Å². The van der Waals surface area contributed by atoms with Crippen LogP contribution in [0.3, 0.4) is 0 Å². The second kappa shape index (κ2) is 5.68. The maximum Gasteiger partial charge on any atom is 0.272 e. The van der Waals surface area contributed by atoms with Crippen molar-refractivity contribution in [2.24, 2.45) is 7.05 Å². The van der Waals surface area contributed by atoms with Crippen molar-refractivity contribution in [3.8, 4) is 0 Å². The van der Waals surface area contributed by atoms with E-state index in [4.69, 9.17) is 0 Å². The van der Waals surface area contributed by atoms with Gasteiger partial charge in [0.2, 0.25) is 0 Å². The number of nitrogens with one attached hydrogen (secondary N) is 1. The Balaban J connectivity index is 2.03. The molecule has 1 amide bonds. The number of fused-ring (bicyclic) bond motifs is 1. The quantitative estimate of drug-likeness (QED) is 0.790. The van der Waals surface area contributed by atoms with Gasteiger partial charge in [-0.15, -0.1) is 0 Å². The van der Waals surface area contributed by atoms with Crippen LogP contribution in [0.1, 0.15) is 16.1 Å². The molecular formula is C18H15FN2O2. The molecule has 1 aromatic heterocycles. The maximum atomic E-state index is 13.3. The van der Waals surface area contributed by atoms with E-state index in [-0.39, 0.29) is 17.0 Å². The monoisotopic (exact) mass is 310 g/mol. The Morgan fingerprint density at radius 3 is 2.48 bits per heavy atom. The zero-order valence-corrected chi connectivity index (χ0v) is 12.8. The third-order valence-corrected chi connectivity index (χ3v) is 3.75. The molecule has 0 bridgehead atoms. The summed E-state index contributed by atoms with van der Waals surface area (Å²) < 4.78 is 14.5. The van der Waals surface area contributed by atoms with E-state index in [2.05, 4.69) is 5.32 Å². The van der Waals surface area contributed by atoms with Crippen molar-refractivity contribution in [2.45, 2.75) is 6.92 Å². The molecule has 0 aliphatic rings. The Bertz CT molecular complexity index is 959. The van der Waals surface area contributed by atoms with E-state index in [0.29, 0.717) is 11.1 Å². The van der Waals surface area contributed by atoms with Gasteiger partial charge in [-0.2, -0.15) is 0 Å². The lowest BCUT2D eigenvalue weighted by molar-refractivity contribution is 0.101. The second-order valence-corrected chi connectivity index (χ2v) is 5.45. The Morgan fingerprint density at radius 1 is 1.09 bits per heavy atom. The summed E-state index contributed by atoms with van der Waals surface area (Å²) in [5, 5.41) is 3.54. The number of hydrogen-bond acceptors (Lipinski definition) is 2. The van der Waals surface area contributed by atoms with E-state index in [1.165, 1.54) is 29.8 Å². The molecule has 1 heterocycles. The molecule has 0 spiro atoms. The number of nitrogens with zero attached hydrogens (tertiary/aromatic N) is 1. The number of amides is 1. The first kappa shape index (κ1) is 15.0. The van der Waals surface area contributed by atoms with Crippen molar-refractivity contribution in [1.29, 1.82) is 0 Å². The molecule has 5 heteroatoms. The number of carbonyl (C=O) groups is 1. The van der Waals surface area contributed by atoms with Crippen LogP contribution in [0.15, 0.2) is 53.3 Å². The molecule has 3 aromatic rings. The van der Waals surface area contributed by atoms with E-state index >= 15 is 0 Å². The van der Waals surface area contributed by atoms with Crippen LogP contribution in [-0.2, 0) is 7.05 Å². The highest BCUT2D eigenvalue weighted by atomic mass is 19.1. The van der Waals surface area contributed by atoms with Gasteiger partial charge in [0.15, 0.2) is 0 Å². The summed E-state index contributed by atoms with van der Waals surface area (Å²) >= 11 is 0. The lowest BCUT2D eigenvalue weighted by Crippen LogP contribution is -2.26.